The van der Waals surface area contributed by atoms with Crippen molar-refractivity contribution in [2.24, 2.45) is 7.05 Å². The molecule has 9 nitrogen and oxygen atoms in total. The Bertz CT molecular complexity index is 946. The first-order chi connectivity index (χ1) is 13.1. The second kappa shape index (κ2) is 8.56. The zero-order valence-electron chi connectivity index (χ0n) is 14.6. The highest BCUT2D eigenvalue weighted by atomic mass is 16.3. The quantitative estimate of drug-likeness (QED) is 0.614. The number of hydrogen-bond acceptors (Lipinski definition) is 6. The van der Waals surface area contributed by atoms with Gasteiger partial charge in [0, 0.05) is 37.3 Å². The molecule has 0 atom stereocenters. The fourth-order valence-corrected chi connectivity index (χ4v) is 2.34. The Kier molecular flexibility index (Phi) is 5.73. The van der Waals surface area contributed by atoms with Crippen LogP contribution in [0.5, 0.6) is 0 Å². The molecule has 138 valence electrons. The van der Waals surface area contributed by atoms with Gasteiger partial charge in [-0.05, 0) is 40.8 Å². The van der Waals surface area contributed by atoms with E-state index in [0.717, 1.165) is 5.56 Å². The average molecular weight is 366 g/mol. The molecule has 0 spiro atoms. The zero-order valence-corrected chi connectivity index (χ0v) is 14.6. The van der Waals surface area contributed by atoms with Crippen molar-refractivity contribution in [2.75, 3.05) is 11.9 Å². The van der Waals surface area contributed by atoms with E-state index >= 15 is 0 Å². The number of aromatic nitrogens is 4. The summed E-state index contributed by atoms with van der Waals surface area (Å²) in [4.78, 5) is 23.8. The summed E-state index contributed by atoms with van der Waals surface area (Å²) in [5.74, 6) is 0.678. The number of nitrogens with zero attached hydrogens (tertiary/aromatic N) is 4. The molecule has 0 bridgehead atoms. The summed E-state index contributed by atoms with van der Waals surface area (Å²) in [5.41, 5.74) is 1.42. The molecule has 2 N–H and O–H groups in total. The van der Waals surface area contributed by atoms with Crippen molar-refractivity contribution in [3.05, 3.63) is 54.5 Å². The van der Waals surface area contributed by atoms with Crippen LogP contribution in [-0.4, -0.2) is 38.6 Å². The highest BCUT2D eigenvalue weighted by Gasteiger charge is 2.08. The van der Waals surface area contributed by atoms with Crippen molar-refractivity contribution in [1.29, 1.82) is 0 Å². The number of nitrogens with one attached hydrogen (secondary N) is 2. The van der Waals surface area contributed by atoms with Gasteiger partial charge in [0.05, 0.1) is 6.26 Å². The molecule has 0 radical (unpaired) electrons. The molecule has 0 aliphatic heterocycles. The van der Waals surface area contributed by atoms with E-state index in [9.17, 15) is 9.59 Å². The molecule has 0 unspecified atom stereocenters. The zero-order chi connectivity index (χ0) is 19.1. The monoisotopic (exact) mass is 366 g/mol. The van der Waals surface area contributed by atoms with E-state index < -0.39 is 0 Å². The highest BCUT2D eigenvalue weighted by Crippen LogP contribution is 2.19. The number of aryl methyl sites for hydroxylation is 1. The van der Waals surface area contributed by atoms with Crippen LogP contribution in [0.25, 0.3) is 17.5 Å². The predicted octanol–water partition coefficient (Wildman–Crippen LogP) is 1.63. The number of benzene rings is 1. The van der Waals surface area contributed by atoms with Crippen LogP contribution in [0.1, 0.15) is 12.2 Å². The summed E-state index contributed by atoms with van der Waals surface area (Å²) >= 11 is 0. The van der Waals surface area contributed by atoms with Gasteiger partial charge >= 0.3 is 0 Å². The lowest BCUT2D eigenvalue weighted by Gasteiger charge is -2.07. The molecule has 3 aromatic rings. The fourth-order valence-electron chi connectivity index (χ4n) is 2.34. The van der Waals surface area contributed by atoms with Crippen LogP contribution in [0.15, 0.2) is 53.2 Å². The number of anilines is 1. The standard InChI is InChI=1S/C18H18N6O3/c1-24-18(21-22-23-24)13-4-2-5-14(12-13)20-17(26)9-10-19-16(25)8-7-15-6-3-11-27-15/h2-8,11-12H,9-10H2,1H3,(H,19,25)(H,20,26)/b8-7+. The van der Waals surface area contributed by atoms with Gasteiger partial charge in [0.15, 0.2) is 5.82 Å². The number of tetrazole rings is 1. The Labute approximate surface area is 155 Å². The molecule has 27 heavy (non-hydrogen) atoms. The van der Waals surface area contributed by atoms with Crippen LogP contribution in [0, 0.1) is 0 Å². The van der Waals surface area contributed by atoms with Gasteiger partial charge in [0.25, 0.3) is 0 Å². The summed E-state index contributed by atoms with van der Waals surface area (Å²) in [5, 5.41) is 16.8. The molecular weight excluding hydrogens is 348 g/mol. The minimum absolute atomic E-state index is 0.149. The van der Waals surface area contributed by atoms with Gasteiger partial charge in [0.1, 0.15) is 5.76 Å². The number of carbonyl (C=O) groups is 2. The Morgan fingerprint density at radius 2 is 2.15 bits per heavy atom. The van der Waals surface area contributed by atoms with Crippen molar-refractivity contribution in [2.45, 2.75) is 6.42 Å². The third-order valence-electron chi connectivity index (χ3n) is 3.62. The summed E-state index contributed by atoms with van der Waals surface area (Å²) in [7, 11) is 1.74. The molecular formula is C18H18N6O3. The summed E-state index contributed by atoms with van der Waals surface area (Å²) in [6.45, 7) is 0.222. The lowest BCUT2D eigenvalue weighted by atomic mass is 10.2. The van der Waals surface area contributed by atoms with Crippen LogP contribution >= 0.6 is 0 Å². The second-order valence-corrected chi connectivity index (χ2v) is 5.64. The van der Waals surface area contributed by atoms with E-state index in [2.05, 4.69) is 26.2 Å². The molecule has 0 saturated heterocycles. The Hall–Kier alpha value is -3.75. The van der Waals surface area contributed by atoms with Gasteiger partial charge in [0.2, 0.25) is 11.8 Å². The summed E-state index contributed by atoms with van der Waals surface area (Å²) in [6, 6.07) is 10.7. The molecule has 2 heterocycles. The normalized spacial score (nSPS) is 10.9. The Morgan fingerprint density at radius 1 is 1.26 bits per heavy atom. The largest absolute Gasteiger partial charge is 0.465 e. The molecule has 0 fully saturated rings. The van der Waals surface area contributed by atoms with E-state index in [1.807, 2.05) is 6.07 Å². The van der Waals surface area contributed by atoms with Crippen LogP contribution < -0.4 is 10.6 Å². The van der Waals surface area contributed by atoms with Gasteiger partial charge < -0.3 is 15.1 Å². The number of furan rings is 1. The van der Waals surface area contributed by atoms with Gasteiger partial charge in [-0.1, -0.05) is 12.1 Å². The van der Waals surface area contributed by atoms with Crippen LogP contribution in [0.4, 0.5) is 5.69 Å². The van der Waals surface area contributed by atoms with Gasteiger partial charge in [-0.3, -0.25) is 9.59 Å². The van der Waals surface area contributed by atoms with Gasteiger partial charge in [-0.2, -0.15) is 0 Å². The number of amides is 2. The van der Waals surface area contributed by atoms with Gasteiger partial charge in [-0.15, -0.1) is 5.10 Å². The van der Waals surface area contributed by atoms with Crippen LogP contribution in [0.3, 0.4) is 0 Å². The molecule has 0 saturated carbocycles. The molecule has 2 amide bonds. The van der Waals surface area contributed by atoms with Crippen LogP contribution in [-0.2, 0) is 16.6 Å². The average Bonchev–Trinajstić information content (AvgIpc) is 3.31. The van der Waals surface area contributed by atoms with Crippen LogP contribution in [0.2, 0.25) is 0 Å². The van der Waals surface area contributed by atoms with Crippen molar-refractivity contribution in [3.63, 3.8) is 0 Å². The van der Waals surface area contributed by atoms with Crippen molar-refractivity contribution < 1.29 is 14.0 Å². The fraction of sp³-hybridized carbons (Fsp3) is 0.167. The topological polar surface area (TPSA) is 115 Å². The molecule has 3 rings (SSSR count). The van der Waals surface area contributed by atoms with E-state index in [1.165, 1.54) is 12.3 Å². The van der Waals surface area contributed by atoms with Crippen molar-refractivity contribution >= 4 is 23.6 Å². The second-order valence-electron chi connectivity index (χ2n) is 5.64. The lowest BCUT2D eigenvalue weighted by molar-refractivity contribution is -0.117. The maximum atomic E-state index is 12.1. The summed E-state index contributed by atoms with van der Waals surface area (Å²) < 4.78 is 6.64. The third kappa shape index (κ3) is 5.11. The smallest absolute Gasteiger partial charge is 0.244 e. The Balaban J connectivity index is 1.47. The molecule has 0 aliphatic rings. The van der Waals surface area contributed by atoms with Gasteiger partial charge in [-0.25, -0.2) is 4.68 Å². The van der Waals surface area contributed by atoms with E-state index in [4.69, 9.17) is 4.42 Å². The number of rotatable bonds is 7. The number of carbonyl (C=O) groups excluding carboxylic acids is 2. The first kappa shape index (κ1) is 18.1. The highest BCUT2D eigenvalue weighted by molar-refractivity contribution is 5.93. The third-order valence-corrected chi connectivity index (χ3v) is 3.62. The van der Waals surface area contributed by atoms with E-state index in [-0.39, 0.29) is 24.8 Å². The maximum Gasteiger partial charge on any atom is 0.244 e. The predicted molar refractivity (Wildman–Crippen MR) is 98.2 cm³/mol. The van der Waals surface area contributed by atoms with E-state index in [1.54, 1.807) is 48.1 Å². The van der Waals surface area contributed by atoms with Crippen molar-refractivity contribution in [1.82, 2.24) is 25.5 Å². The maximum absolute atomic E-state index is 12.1. The first-order valence-corrected chi connectivity index (χ1v) is 8.24. The lowest BCUT2D eigenvalue weighted by Crippen LogP contribution is -2.26. The minimum atomic E-state index is -0.295. The molecule has 1 aromatic carbocycles. The number of hydrogen-bond donors (Lipinski definition) is 2. The SMILES string of the molecule is Cn1nnnc1-c1cccc(NC(=O)CCNC(=O)/C=C/c2ccco2)c1. The molecule has 2 aromatic heterocycles. The first-order valence-electron chi connectivity index (χ1n) is 8.24. The minimum Gasteiger partial charge on any atom is -0.465 e. The summed E-state index contributed by atoms with van der Waals surface area (Å²) in [6.07, 6.45) is 4.59. The van der Waals surface area contributed by atoms with Crippen molar-refractivity contribution in [3.8, 4) is 11.4 Å². The Morgan fingerprint density at radius 3 is 2.89 bits per heavy atom. The molecule has 9 heteroatoms. The molecule has 0 aliphatic carbocycles. The van der Waals surface area contributed by atoms with E-state index in [0.29, 0.717) is 17.3 Å².